The van der Waals surface area contributed by atoms with Crippen molar-refractivity contribution in [2.45, 2.75) is 31.0 Å². The Morgan fingerprint density at radius 3 is 2.53 bits per heavy atom. The second-order valence-electron chi connectivity index (χ2n) is 7.53. The molecule has 4 rings (SSSR count). The van der Waals surface area contributed by atoms with Gasteiger partial charge >= 0.3 is 6.18 Å². The number of halogens is 4. The summed E-state index contributed by atoms with van der Waals surface area (Å²) >= 11 is 1.41. The van der Waals surface area contributed by atoms with Gasteiger partial charge in [-0.15, -0.1) is 0 Å². The Bertz CT molecular complexity index is 1520. The number of nitriles is 1. The highest BCUT2D eigenvalue weighted by Crippen LogP contribution is 2.37. The summed E-state index contributed by atoms with van der Waals surface area (Å²) in [7, 11) is -4.50. The van der Waals surface area contributed by atoms with Gasteiger partial charge in [0.25, 0.3) is 0 Å². The average Bonchev–Trinajstić information content (AvgIpc) is 3.39. The van der Waals surface area contributed by atoms with Crippen molar-refractivity contribution in [1.29, 1.82) is 5.26 Å². The quantitative estimate of drug-likeness (QED) is 0.371. The van der Waals surface area contributed by atoms with Crippen LogP contribution in [0.5, 0.6) is 0 Å². The number of nitrogens with one attached hydrogen (secondary N) is 1. The average molecular weight is 509 g/mol. The highest BCUT2D eigenvalue weighted by atomic mass is 32.2. The summed E-state index contributed by atoms with van der Waals surface area (Å²) in [5, 5.41) is 13.9. The number of fused-ring (bicyclic) bond motifs is 1. The van der Waals surface area contributed by atoms with Crippen LogP contribution in [0.1, 0.15) is 18.1 Å². The van der Waals surface area contributed by atoms with Crippen LogP contribution in [-0.4, -0.2) is 30.2 Å². The van der Waals surface area contributed by atoms with Crippen molar-refractivity contribution in [3.63, 3.8) is 0 Å². The molecule has 0 spiro atoms. The number of aromatic nitrogens is 2. The molecule has 0 unspecified atom stereocenters. The number of pyridine rings is 1. The first-order chi connectivity index (χ1) is 15.9. The number of hydrogen-bond acceptors (Lipinski definition) is 5. The zero-order chi connectivity index (χ0) is 24.8. The number of aryl methyl sites for hydroxylation is 1. The van der Waals surface area contributed by atoms with E-state index < -0.39 is 33.0 Å². The predicted molar refractivity (Wildman–Crippen MR) is 120 cm³/mol. The van der Waals surface area contributed by atoms with E-state index in [-0.39, 0.29) is 11.3 Å². The Hall–Kier alpha value is -3.27. The summed E-state index contributed by atoms with van der Waals surface area (Å²) < 4.78 is 80.8. The molecule has 1 aromatic carbocycles. The molecule has 0 radical (unpaired) electrons. The maximum absolute atomic E-state index is 14.3. The molecule has 1 N–H and O–H groups in total. The van der Waals surface area contributed by atoms with E-state index in [1.807, 2.05) is 10.8 Å². The predicted octanol–water partition coefficient (Wildman–Crippen LogP) is 5.30. The number of alkyl halides is 3. The first-order valence-electron chi connectivity index (χ1n) is 9.76. The molecular formula is C22H16F4N4O2S2. The maximum atomic E-state index is 14.3. The van der Waals surface area contributed by atoms with Crippen LogP contribution in [0.4, 0.5) is 17.6 Å². The van der Waals surface area contributed by atoms with Crippen molar-refractivity contribution in [3.8, 4) is 23.1 Å². The van der Waals surface area contributed by atoms with Crippen LogP contribution in [0, 0.1) is 24.1 Å². The molecule has 6 nitrogen and oxygen atoms in total. The van der Waals surface area contributed by atoms with Crippen molar-refractivity contribution in [3.05, 3.63) is 64.2 Å². The molecule has 0 bridgehead atoms. The molecule has 4 aromatic rings. The number of hydrogen-bond donors (Lipinski definition) is 1. The van der Waals surface area contributed by atoms with Gasteiger partial charge in [0.2, 0.25) is 10.0 Å². The minimum Gasteiger partial charge on any atom is -0.306 e. The molecule has 3 aromatic heterocycles. The van der Waals surface area contributed by atoms with Crippen LogP contribution < -0.4 is 4.72 Å². The zero-order valence-electron chi connectivity index (χ0n) is 17.7. The lowest BCUT2D eigenvalue weighted by Crippen LogP contribution is -2.42. The van der Waals surface area contributed by atoms with Crippen molar-refractivity contribution >= 4 is 32.3 Å². The van der Waals surface area contributed by atoms with Crippen LogP contribution in [-0.2, 0) is 10.0 Å². The van der Waals surface area contributed by atoms with Gasteiger partial charge in [0.1, 0.15) is 22.8 Å². The highest BCUT2D eigenvalue weighted by Gasteiger charge is 2.39. The van der Waals surface area contributed by atoms with Gasteiger partial charge in [0.05, 0.1) is 28.2 Å². The molecule has 34 heavy (non-hydrogen) atoms. The Morgan fingerprint density at radius 1 is 1.24 bits per heavy atom. The summed E-state index contributed by atoms with van der Waals surface area (Å²) in [6, 6.07) is 6.86. The molecule has 0 amide bonds. The normalized spacial score (nSPS) is 13.2. The topological polar surface area (TPSA) is 87.8 Å². The fourth-order valence-electron chi connectivity index (χ4n) is 3.47. The zero-order valence-corrected chi connectivity index (χ0v) is 19.3. The molecule has 0 aliphatic heterocycles. The van der Waals surface area contributed by atoms with Gasteiger partial charge in [-0.1, -0.05) is 0 Å². The Morgan fingerprint density at radius 2 is 1.97 bits per heavy atom. The summed E-state index contributed by atoms with van der Waals surface area (Å²) in [6.45, 7) is 2.29. The second-order valence-corrected chi connectivity index (χ2v) is 10.0. The Labute approximate surface area is 196 Å². The van der Waals surface area contributed by atoms with E-state index in [2.05, 4.69) is 11.1 Å². The summed E-state index contributed by atoms with van der Waals surface area (Å²) in [6.07, 6.45) is -3.83. The van der Waals surface area contributed by atoms with Gasteiger partial charge in [0, 0.05) is 17.0 Å². The second kappa shape index (κ2) is 8.50. The van der Waals surface area contributed by atoms with Crippen LogP contribution in [0.3, 0.4) is 0 Å². The van der Waals surface area contributed by atoms with Crippen molar-refractivity contribution in [2.24, 2.45) is 0 Å². The van der Waals surface area contributed by atoms with Gasteiger partial charge in [-0.25, -0.2) is 12.8 Å². The Kier molecular flexibility index (Phi) is 5.97. The number of benzene rings is 1. The van der Waals surface area contributed by atoms with Crippen molar-refractivity contribution < 1.29 is 26.0 Å². The van der Waals surface area contributed by atoms with E-state index in [0.29, 0.717) is 34.8 Å². The van der Waals surface area contributed by atoms with E-state index in [9.17, 15) is 31.2 Å². The minimum absolute atomic E-state index is 0.132. The van der Waals surface area contributed by atoms with E-state index in [1.165, 1.54) is 23.5 Å². The van der Waals surface area contributed by atoms with Gasteiger partial charge < -0.3 is 4.57 Å². The van der Waals surface area contributed by atoms with Gasteiger partial charge in [-0.05, 0) is 55.1 Å². The van der Waals surface area contributed by atoms with Gasteiger partial charge in [-0.3, -0.25) is 4.98 Å². The lowest BCUT2D eigenvalue weighted by molar-refractivity contribution is -0.147. The largest absolute Gasteiger partial charge is 0.404 e. The highest BCUT2D eigenvalue weighted by molar-refractivity contribution is 7.89. The van der Waals surface area contributed by atoms with Crippen LogP contribution in [0.15, 0.2) is 52.2 Å². The van der Waals surface area contributed by atoms with Crippen LogP contribution in [0.25, 0.3) is 28.0 Å². The fourth-order valence-corrected chi connectivity index (χ4v) is 5.26. The number of nitrogens with zero attached hydrogens (tertiary/aromatic N) is 3. The molecule has 0 saturated heterocycles. The lowest BCUT2D eigenvalue weighted by Gasteiger charge is -2.17. The third-order valence-corrected chi connectivity index (χ3v) is 7.43. The summed E-state index contributed by atoms with van der Waals surface area (Å²) in [5.41, 5.74) is 2.25. The fraction of sp³-hybridized carbons (Fsp3) is 0.182. The van der Waals surface area contributed by atoms with E-state index in [4.69, 9.17) is 0 Å². The maximum Gasteiger partial charge on any atom is 0.404 e. The molecule has 3 heterocycles. The standard InChI is InChI=1S/C22H16F4N4O2S2/c1-12-7-20-16(8-18(12)23)17(9-27)21(30(20)14-5-6-33-11-14)19-4-3-15(10-28-19)34(31,32)29-13(2)22(24,25)26/h3-8,10-11,13,29H,1-2H3/t13-/m0/s1. The van der Waals surface area contributed by atoms with Crippen molar-refractivity contribution in [2.75, 3.05) is 0 Å². The molecular weight excluding hydrogens is 492 g/mol. The third kappa shape index (κ3) is 4.18. The van der Waals surface area contributed by atoms with E-state index >= 15 is 0 Å². The summed E-state index contributed by atoms with van der Waals surface area (Å²) in [5.74, 6) is -0.489. The van der Waals surface area contributed by atoms with Gasteiger partial charge in [0.15, 0.2) is 0 Å². The molecule has 0 aliphatic rings. The first kappa shape index (κ1) is 23.9. The third-order valence-electron chi connectivity index (χ3n) is 5.24. The molecule has 1 atom stereocenters. The van der Waals surface area contributed by atoms with E-state index in [0.717, 1.165) is 12.3 Å². The molecule has 0 aliphatic carbocycles. The molecule has 0 fully saturated rings. The first-order valence-corrected chi connectivity index (χ1v) is 12.2. The smallest absolute Gasteiger partial charge is 0.306 e. The lowest BCUT2D eigenvalue weighted by atomic mass is 10.1. The summed E-state index contributed by atoms with van der Waals surface area (Å²) in [4.78, 5) is 3.67. The monoisotopic (exact) mass is 508 g/mol. The van der Waals surface area contributed by atoms with Crippen LogP contribution in [0.2, 0.25) is 0 Å². The van der Waals surface area contributed by atoms with Crippen LogP contribution >= 0.6 is 11.3 Å². The van der Waals surface area contributed by atoms with Gasteiger partial charge in [-0.2, -0.15) is 34.5 Å². The molecule has 12 heteroatoms. The number of thiophene rings is 1. The minimum atomic E-state index is -4.75. The Balaban J connectivity index is 1.88. The molecule has 0 saturated carbocycles. The van der Waals surface area contributed by atoms with Crippen molar-refractivity contribution in [1.82, 2.24) is 14.3 Å². The molecule has 176 valence electrons. The van der Waals surface area contributed by atoms with E-state index in [1.54, 1.807) is 28.3 Å². The number of sulfonamides is 1. The SMILES string of the molecule is Cc1cc2c(cc1F)c(C#N)c(-c1ccc(S(=O)(=O)N[C@@H](C)C(F)(F)F)cn1)n2-c1ccsc1. The number of rotatable bonds is 5.